The second kappa shape index (κ2) is 4.10. The monoisotopic (exact) mass is 213 g/mol. The first-order valence-corrected chi connectivity index (χ1v) is 5.77. The molecule has 2 N–H and O–H groups in total. The number of rotatable bonds is 2. The summed E-state index contributed by atoms with van der Waals surface area (Å²) in [6.45, 7) is 1.10. The Labute approximate surface area is 94.9 Å². The highest BCUT2D eigenvalue weighted by Gasteiger charge is 2.19. The van der Waals surface area contributed by atoms with Crippen molar-refractivity contribution in [3.8, 4) is 11.3 Å². The molecule has 0 saturated carbocycles. The first-order chi connectivity index (χ1) is 7.93. The molecule has 16 heavy (non-hydrogen) atoms. The van der Waals surface area contributed by atoms with Crippen molar-refractivity contribution in [1.82, 2.24) is 15.3 Å². The molecule has 82 valence electrons. The van der Waals surface area contributed by atoms with E-state index in [2.05, 4.69) is 27.4 Å². The molecule has 0 bridgehead atoms. The van der Waals surface area contributed by atoms with E-state index in [0.717, 1.165) is 18.1 Å². The van der Waals surface area contributed by atoms with Crippen molar-refractivity contribution >= 4 is 0 Å². The molecule has 1 aliphatic rings. The maximum Gasteiger partial charge on any atom is 0.124 e. The van der Waals surface area contributed by atoms with Gasteiger partial charge in [0.1, 0.15) is 5.82 Å². The Morgan fingerprint density at radius 1 is 1.19 bits per heavy atom. The number of hydrogen-bond donors (Lipinski definition) is 2. The van der Waals surface area contributed by atoms with Crippen molar-refractivity contribution in [3.63, 3.8) is 0 Å². The van der Waals surface area contributed by atoms with Crippen molar-refractivity contribution < 1.29 is 0 Å². The Morgan fingerprint density at radius 3 is 2.81 bits per heavy atom. The van der Waals surface area contributed by atoms with Crippen molar-refractivity contribution in [2.45, 2.75) is 18.9 Å². The zero-order valence-corrected chi connectivity index (χ0v) is 9.11. The van der Waals surface area contributed by atoms with E-state index >= 15 is 0 Å². The van der Waals surface area contributed by atoms with Crippen LogP contribution in [-0.4, -0.2) is 16.5 Å². The Bertz CT molecular complexity index is 455. The van der Waals surface area contributed by atoms with E-state index in [9.17, 15) is 0 Å². The molecule has 2 aromatic rings. The molecule has 0 amide bonds. The lowest BCUT2D eigenvalue weighted by Gasteiger charge is -2.04. The number of H-pyrrole nitrogens is 1. The van der Waals surface area contributed by atoms with E-state index in [4.69, 9.17) is 0 Å². The van der Waals surface area contributed by atoms with Crippen LogP contribution in [0.1, 0.15) is 24.7 Å². The molecule has 1 fully saturated rings. The summed E-state index contributed by atoms with van der Waals surface area (Å²) in [5, 5.41) is 3.44. The first kappa shape index (κ1) is 9.60. The molecule has 3 nitrogen and oxygen atoms in total. The average molecular weight is 213 g/mol. The van der Waals surface area contributed by atoms with Gasteiger partial charge in [0.05, 0.1) is 11.7 Å². The van der Waals surface area contributed by atoms with Gasteiger partial charge in [0.25, 0.3) is 0 Å². The van der Waals surface area contributed by atoms with Crippen LogP contribution in [0.25, 0.3) is 11.3 Å². The number of benzene rings is 1. The SMILES string of the molecule is c1ccc(-c2c[nH]c(C3CCCN3)n2)cc1. The predicted octanol–water partition coefficient (Wildman–Crippen LogP) is 2.50. The van der Waals surface area contributed by atoms with Gasteiger partial charge in [0.15, 0.2) is 0 Å². The second-order valence-electron chi connectivity index (χ2n) is 4.19. The van der Waals surface area contributed by atoms with Gasteiger partial charge in [-0.05, 0) is 19.4 Å². The highest BCUT2D eigenvalue weighted by atomic mass is 15.0. The molecule has 1 saturated heterocycles. The molecule has 1 unspecified atom stereocenters. The van der Waals surface area contributed by atoms with Gasteiger partial charge in [-0.15, -0.1) is 0 Å². The number of hydrogen-bond acceptors (Lipinski definition) is 2. The van der Waals surface area contributed by atoms with Crippen LogP contribution in [0, 0.1) is 0 Å². The number of imidazole rings is 1. The van der Waals surface area contributed by atoms with Gasteiger partial charge in [0.2, 0.25) is 0 Å². The maximum absolute atomic E-state index is 4.64. The second-order valence-corrected chi connectivity index (χ2v) is 4.19. The third-order valence-electron chi connectivity index (χ3n) is 3.06. The Balaban J connectivity index is 1.87. The standard InChI is InChI=1S/C13H15N3/c1-2-5-10(6-3-1)12-9-15-13(16-12)11-7-4-8-14-11/h1-3,5-6,9,11,14H,4,7-8H2,(H,15,16). The summed E-state index contributed by atoms with van der Waals surface area (Å²) < 4.78 is 0. The van der Waals surface area contributed by atoms with E-state index in [-0.39, 0.29) is 0 Å². The number of nitrogens with one attached hydrogen (secondary N) is 2. The third-order valence-corrected chi connectivity index (χ3v) is 3.06. The quantitative estimate of drug-likeness (QED) is 0.804. The fourth-order valence-corrected chi connectivity index (χ4v) is 2.19. The molecule has 3 heteroatoms. The molecular formula is C13H15N3. The van der Waals surface area contributed by atoms with Crippen LogP contribution in [0.4, 0.5) is 0 Å². The van der Waals surface area contributed by atoms with E-state index in [1.54, 1.807) is 0 Å². The molecule has 1 atom stereocenters. The van der Waals surface area contributed by atoms with Crippen molar-refractivity contribution in [2.75, 3.05) is 6.54 Å². The first-order valence-electron chi connectivity index (χ1n) is 5.77. The Hall–Kier alpha value is -1.61. The van der Waals surface area contributed by atoms with Crippen LogP contribution < -0.4 is 5.32 Å². The van der Waals surface area contributed by atoms with E-state index in [0.29, 0.717) is 6.04 Å². The summed E-state index contributed by atoms with van der Waals surface area (Å²) in [7, 11) is 0. The molecule has 0 radical (unpaired) electrons. The minimum Gasteiger partial charge on any atom is -0.347 e. The van der Waals surface area contributed by atoms with Gasteiger partial charge in [-0.1, -0.05) is 30.3 Å². The highest BCUT2D eigenvalue weighted by Crippen LogP contribution is 2.23. The molecular weight excluding hydrogens is 198 g/mol. The molecule has 1 aromatic carbocycles. The topological polar surface area (TPSA) is 40.7 Å². The van der Waals surface area contributed by atoms with Crippen LogP contribution in [-0.2, 0) is 0 Å². The number of aromatic amines is 1. The smallest absolute Gasteiger partial charge is 0.124 e. The molecule has 0 aliphatic carbocycles. The maximum atomic E-state index is 4.64. The predicted molar refractivity (Wildman–Crippen MR) is 64.0 cm³/mol. The Kier molecular flexibility index (Phi) is 2.46. The van der Waals surface area contributed by atoms with Crippen molar-refractivity contribution in [1.29, 1.82) is 0 Å². The van der Waals surface area contributed by atoms with Crippen LogP contribution in [0.2, 0.25) is 0 Å². The molecule has 3 rings (SSSR count). The van der Waals surface area contributed by atoms with Gasteiger partial charge in [-0.2, -0.15) is 0 Å². The molecule has 0 spiro atoms. The normalized spacial score (nSPS) is 20.1. The summed E-state index contributed by atoms with van der Waals surface area (Å²) in [6, 6.07) is 10.7. The fraction of sp³-hybridized carbons (Fsp3) is 0.308. The minimum absolute atomic E-state index is 0.414. The Morgan fingerprint density at radius 2 is 2.06 bits per heavy atom. The molecule has 1 aromatic heterocycles. The van der Waals surface area contributed by atoms with E-state index in [1.807, 2.05) is 24.4 Å². The summed E-state index contributed by atoms with van der Waals surface area (Å²) in [6.07, 6.45) is 4.42. The molecule has 2 heterocycles. The number of nitrogens with zero attached hydrogens (tertiary/aromatic N) is 1. The van der Waals surface area contributed by atoms with Gasteiger partial charge in [-0.3, -0.25) is 0 Å². The van der Waals surface area contributed by atoms with Crippen LogP contribution in [0.15, 0.2) is 36.5 Å². The largest absolute Gasteiger partial charge is 0.347 e. The van der Waals surface area contributed by atoms with Gasteiger partial charge < -0.3 is 10.3 Å². The van der Waals surface area contributed by atoms with Gasteiger partial charge in [-0.25, -0.2) is 4.98 Å². The number of aromatic nitrogens is 2. The molecule has 1 aliphatic heterocycles. The van der Waals surface area contributed by atoms with E-state index in [1.165, 1.54) is 18.4 Å². The summed E-state index contributed by atoms with van der Waals surface area (Å²) in [4.78, 5) is 7.92. The zero-order chi connectivity index (χ0) is 10.8. The van der Waals surface area contributed by atoms with Crippen molar-refractivity contribution in [3.05, 3.63) is 42.4 Å². The van der Waals surface area contributed by atoms with Crippen molar-refractivity contribution in [2.24, 2.45) is 0 Å². The summed E-state index contributed by atoms with van der Waals surface area (Å²) in [5.74, 6) is 1.07. The lowest BCUT2D eigenvalue weighted by atomic mass is 10.2. The van der Waals surface area contributed by atoms with Gasteiger partial charge >= 0.3 is 0 Å². The summed E-state index contributed by atoms with van der Waals surface area (Å²) in [5.41, 5.74) is 2.20. The van der Waals surface area contributed by atoms with Crippen LogP contribution in [0.3, 0.4) is 0 Å². The lowest BCUT2D eigenvalue weighted by Crippen LogP contribution is -2.14. The fourth-order valence-electron chi connectivity index (χ4n) is 2.19. The minimum atomic E-state index is 0.414. The van der Waals surface area contributed by atoms with Crippen LogP contribution >= 0.6 is 0 Å². The summed E-state index contributed by atoms with van der Waals surface area (Å²) >= 11 is 0. The van der Waals surface area contributed by atoms with Crippen LogP contribution in [0.5, 0.6) is 0 Å². The highest BCUT2D eigenvalue weighted by molar-refractivity contribution is 5.58. The van der Waals surface area contributed by atoms with E-state index < -0.39 is 0 Å². The third kappa shape index (κ3) is 1.74. The van der Waals surface area contributed by atoms with Gasteiger partial charge in [0, 0.05) is 11.8 Å². The zero-order valence-electron chi connectivity index (χ0n) is 9.11. The lowest BCUT2D eigenvalue weighted by molar-refractivity contribution is 0.613. The average Bonchev–Trinajstić information content (AvgIpc) is 3.01.